The van der Waals surface area contributed by atoms with Crippen LogP contribution in [-0.2, 0) is 18.8 Å². The average Bonchev–Trinajstić information content (AvgIpc) is 2.66. The lowest BCUT2D eigenvalue weighted by atomic mass is 9.79. The van der Waals surface area contributed by atoms with Crippen LogP contribution in [0.15, 0.2) is 24.3 Å². The predicted molar refractivity (Wildman–Crippen MR) is 85.7 cm³/mol. The van der Waals surface area contributed by atoms with Crippen molar-refractivity contribution < 1.29 is 18.8 Å². The van der Waals surface area contributed by atoms with Gasteiger partial charge in [-0.2, -0.15) is 0 Å². The molecule has 1 aliphatic rings. The van der Waals surface area contributed by atoms with E-state index in [0.29, 0.717) is 6.61 Å². The zero-order valence-corrected chi connectivity index (χ0v) is 13.7. The summed E-state index contributed by atoms with van der Waals surface area (Å²) in [5, 5.41) is 0. The van der Waals surface area contributed by atoms with Crippen LogP contribution in [0.4, 0.5) is 0 Å². The van der Waals surface area contributed by atoms with E-state index in [4.69, 9.17) is 14.0 Å². The zero-order valence-electron chi connectivity index (χ0n) is 13.7. The fourth-order valence-electron chi connectivity index (χ4n) is 1.99. The molecule has 0 spiro atoms. The molecule has 1 heterocycles. The Hall–Kier alpha value is -1.77. The summed E-state index contributed by atoms with van der Waals surface area (Å²) >= 11 is 0. The van der Waals surface area contributed by atoms with Gasteiger partial charge in [0, 0.05) is 11.5 Å². The van der Waals surface area contributed by atoms with Crippen molar-refractivity contribution in [2.75, 3.05) is 6.61 Å². The standard InChI is InChI=1S/C17H21BO4/c1-6-20-15(19)12-9-13-7-10-14(11-8-13)18-21-16(2,3)17(4,5)22-18/h7-8,10-11H,6H2,1-5H3. The van der Waals surface area contributed by atoms with Gasteiger partial charge in [-0.1, -0.05) is 18.1 Å². The van der Waals surface area contributed by atoms with E-state index >= 15 is 0 Å². The fraction of sp³-hybridized carbons (Fsp3) is 0.471. The maximum atomic E-state index is 11.2. The SMILES string of the molecule is CCOC(=O)C#Cc1ccc(B2OC(C)(C)C(C)(C)O2)cc1. The summed E-state index contributed by atoms with van der Waals surface area (Å²) in [4.78, 5) is 11.2. The first kappa shape index (κ1) is 16.6. The van der Waals surface area contributed by atoms with Crippen LogP contribution in [0.25, 0.3) is 0 Å². The van der Waals surface area contributed by atoms with E-state index in [0.717, 1.165) is 11.0 Å². The highest BCUT2D eigenvalue weighted by Crippen LogP contribution is 2.36. The molecule has 0 N–H and O–H groups in total. The Kier molecular flexibility index (Phi) is 4.65. The van der Waals surface area contributed by atoms with Crippen molar-refractivity contribution in [2.24, 2.45) is 0 Å². The lowest BCUT2D eigenvalue weighted by molar-refractivity contribution is -0.136. The Balaban J connectivity index is 2.09. The van der Waals surface area contributed by atoms with Crippen molar-refractivity contribution >= 4 is 18.6 Å². The Morgan fingerprint density at radius 2 is 1.68 bits per heavy atom. The van der Waals surface area contributed by atoms with Crippen LogP contribution >= 0.6 is 0 Å². The largest absolute Gasteiger partial charge is 0.494 e. The molecule has 1 aromatic rings. The molecule has 0 radical (unpaired) electrons. The van der Waals surface area contributed by atoms with Gasteiger partial charge in [-0.3, -0.25) is 0 Å². The molecular formula is C17H21BO4. The Morgan fingerprint density at radius 1 is 1.14 bits per heavy atom. The summed E-state index contributed by atoms with van der Waals surface area (Å²) in [6.07, 6.45) is 0. The lowest BCUT2D eigenvalue weighted by Gasteiger charge is -2.32. The highest BCUT2D eigenvalue weighted by Gasteiger charge is 2.51. The molecule has 0 aromatic heterocycles. The smallest absolute Gasteiger partial charge is 0.456 e. The number of hydrogen-bond acceptors (Lipinski definition) is 4. The maximum Gasteiger partial charge on any atom is 0.494 e. The molecular weight excluding hydrogens is 279 g/mol. The lowest BCUT2D eigenvalue weighted by Crippen LogP contribution is -2.41. The summed E-state index contributed by atoms with van der Waals surface area (Å²) in [7, 11) is -0.392. The molecule has 1 aromatic carbocycles. The Bertz CT molecular complexity index is 592. The van der Waals surface area contributed by atoms with E-state index in [1.165, 1.54) is 0 Å². The minimum Gasteiger partial charge on any atom is -0.456 e. The van der Waals surface area contributed by atoms with E-state index in [9.17, 15) is 4.79 Å². The molecule has 5 heteroatoms. The molecule has 0 atom stereocenters. The number of hydrogen-bond donors (Lipinski definition) is 0. The molecule has 0 bridgehead atoms. The minimum atomic E-state index is -0.516. The van der Waals surface area contributed by atoms with Gasteiger partial charge in [0.15, 0.2) is 0 Å². The van der Waals surface area contributed by atoms with Crippen molar-refractivity contribution in [3.05, 3.63) is 29.8 Å². The van der Waals surface area contributed by atoms with E-state index < -0.39 is 13.1 Å². The summed E-state index contributed by atoms with van der Waals surface area (Å²) in [5.41, 5.74) is 0.953. The molecule has 22 heavy (non-hydrogen) atoms. The predicted octanol–water partition coefficient (Wildman–Crippen LogP) is 1.90. The summed E-state index contributed by atoms with van der Waals surface area (Å²) < 4.78 is 16.7. The van der Waals surface area contributed by atoms with E-state index in [-0.39, 0.29) is 11.2 Å². The van der Waals surface area contributed by atoms with Crippen LogP contribution in [0.5, 0.6) is 0 Å². The third-order valence-electron chi connectivity index (χ3n) is 4.02. The molecule has 1 aliphatic heterocycles. The second kappa shape index (κ2) is 6.16. The molecule has 116 valence electrons. The van der Waals surface area contributed by atoms with Crippen molar-refractivity contribution in [3.8, 4) is 11.8 Å². The number of esters is 1. The number of rotatable bonds is 2. The van der Waals surface area contributed by atoms with Crippen LogP contribution in [0.2, 0.25) is 0 Å². The first-order valence-electron chi connectivity index (χ1n) is 7.39. The number of carbonyl (C=O) groups excluding carboxylic acids is 1. The van der Waals surface area contributed by atoms with Gasteiger partial charge in [0.2, 0.25) is 0 Å². The van der Waals surface area contributed by atoms with Crippen LogP contribution in [-0.4, -0.2) is 30.9 Å². The molecule has 1 saturated heterocycles. The molecule has 0 amide bonds. The molecule has 4 nitrogen and oxygen atoms in total. The first-order chi connectivity index (χ1) is 10.2. The van der Waals surface area contributed by atoms with Gasteiger partial charge in [-0.15, -0.1) is 0 Å². The number of benzene rings is 1. The summed E-state index contributed by atoms with van der Waals surface area (Å²) in [6.45, 7) is 10.2. The Morgan fingerprint density at radius 3 is 2.18 bits per heavy atom. The third kappa shape index (κ3) is 3.52. The molecule has 0 saturated carbocycles. The minimum absolute atomic E-state index is 0.328. The maximum absolute atomic E-state index is 11.2. The van der Waals surface area contributed by atoms with E-state index in [1.807, 2.05) is 52.0 Å². The fourth-order valence-corrected chi connectivity index (χ4v) is 1.99. The van der Waals surface area contributed by atoms with Crippen LogP contribution in [0, 0.1) is 11.8 Å². The monoisotopic (exact) mass is 300 g/mol. The van der Waals surface area contributed by atoms with Gasteiger partial charge in [0.25, 0.3) is 0 Å². The van der Waals surface area contributed by atoms with Gasteiger partial charge in [0.05, 0.1) is 17.8 Å². The van der Waals surface area contributed by atoms with Crippen molar-refractivity contribution in [1.82, 2.24) is 0 Å². The molecule has 1 fully saturated rings. The van der Waals surface area contributed by atoms with Crippen molar-refractivity contribution in [1.29, 1.82) is 0 Å². The van der Waals surface area contributed by atoms with Crippen LogP contribution < -0.4 is 5.46 Å². The second-order valence-corrected chi connectivity index (χ2v) is 6.18. The molecule has 2 rings (SSSR count). The Labute approximate surface area is 132 Å². The second-order valence-electron chi connectivity index (χ2n) is 6.18. The van der Waals surface area contributed by atoms with E-state index in [2.05, 4.69) is 11.8 Å². The van der Waals surface area contributed by atoms with Gasteiger partial charge < -0.3 is 14.0 Å². The topological polar surface area (TPSA) is 44.8 Å². The van der Waals surface area contributed by atoms with Gasteiger partial charge in [-0.25, -0.2) is 4.79 Å². The van der Waals surface area contributed by atoms with E-state index in [1.54, 1.807) is 6.92 Å². The van der Waals surface area contributed by atoms with Gasteiger partial charge in [0.1, 0.15) is 0 Å². The van der Waals surface area contributed by atoms with Crippen LogP contribution in [0.1, 0.15) is 40.2 Å². The summed E-state index contributed by atoms with van der Waals surface area (Å²) in [6, 6.07) is 7.48. The van der Waals surface area contributed by atoms with Crippen molar-refractivity contribution in [2.45, 2.75) is 45.8 Å². The first-order valence-corrected chi connectivity index (χ1v) is 7.39. The number of carbonyl (C=O) groups is 1. The van der Waals surface area contributed by atoms with Crippen molar-refractivity contribution in [3.63, 3.8) is 0 Å². The van der Waals surface area contributed by atoms with Gasteiger partial charge >= 0.3 is 13.1 Å². The molecule has 0 unspecified atom stereocenters. The third-order valence-corrected chi connectivity index (χ3v) is 4.02. The average molecular weight is 300 g/mol. The van der Waals surface area contributed by atoms with Gasteiger partial charge in [-0.05, 0) is 52.2 Å². The highest BCUT2D eigenvalue weighted by atomic mass is 16.7. The van der Waals surface area contributed by atoms with Crippen LogP contribution in [0.3, 0.4) is 0 Å². The zero-order chi connectivity index (χ0) is 16.4. The molecule has 0 aliphatic carbocycles. The normalized spacial score (nSPS) is 18.5. The quantitative estimate of drug-likeness (QED) is 0.475. The highest BCUT2D eigenvalue weighted by molar-refractivity contribution is 6.62. The summed E-state index contributed by atoms with van der Waals surface area (Å²) in [5.74, 6) is 4.70. The number of ether oxygens (including phenoxy) is 1.